The SMILES string of the molecule is C=C1OCCCCOC(C(=O)Nc2ccc3c4cccc5cccc(c6cccc2c63)c54)C(=C)OCCCCOC1C(=O)Nc1ccc2c3cccc4cccc(c5cccc1c52)c43. The normalized spacial score (nSPS) is 17.5. The number of hydrogen-bond acceptors (Lipinski definition) is 6. The molecular weight excluding hydrogens is 797 g/mol. The molecule has 10 aromatic carbocycles. The van der Waals surface area contributed by atoms with Crippen LogP contribution in [-0.2, 0) is 28.5 Å². The molecule has 1 saturated heterocycles. The Hall–Kier alpha value is -7.26. The van der Waals surface area contributed by atoms with Crippen molar-refractivity contribution in [2.24, 2.45) is 0 Å². The Bertz CT molecular complexity index is 3140. The molecule has 1 aliphatic rings. The molecular formula is C56H46N2O6. The van der Waals surface area contributed by atoms with Crippen molar-refractivity contribution in [3.05, 3.63) is 158 Å². The number of amides is 2. The molecule has 0 spiro atoms. The molecule has 11 rings (SSSR count). The Morgan fingerprint density at radius 3 is 1.09 bits per heavy atom. The van der Waals surface area contributed by atoms with E-state index in [-0.39, 0.29) is 49.8 Å². The third kappa shape index (κ3) is 6.78. The molecule has 0 aromatic heterocycles. The molecule has 2 atom stereocenters. The van der Waals surface area contributed by atoms with E-state index in [1.54, 1.807) is 0 Å². The van der Waals surface area contributed by atoms with Crippen LogP contribution in [0.1, 0.15) is 25.7 Å². The van der Waals surface area contributed by atoms with Crippen LogP contribution in [0.3, 0.4) is 0 Å². The third-order valence-corrected chi connectivity index (χ3v) is 12.8. The fraction of sp³-hybridized carbons (Fsp3) is 0.179. The first kappa shape index (κ1) is 39.6. The summed E-state index contributed by atoms with van der Waals surface area (Å²) in [6.45, 7) is 9.36. The second kappa shape index (κ2) is 16.5. The summed E-state index contributed by atoms with van der Waals surface area (Å²) in [6.07, 6.45) is 0.249. The van der Waals surface area contributed by atoms with Gasteiger partial charge < -0.3 is 29.6 Å². The van der Waals surface area contributed by atoms with E-state index in [2.05, 4.69) is 133 Å². The number of anilines is 2. The Balaban J connectivity index is 0.779. The zero-order chi connectivity index (χ0) is 43.3. The highest BCUT2D eigenvalue weighted by molar-refractivity contribution is 6.35. The molecule has 8 nitrogen and oxygen atoms in total. The van der Waals surface area contributed by atoms with Crippen LogP contribution in [-0.4, -0.2) is 50.4 Å². The monoisotopic (exact) mass is 842 g/mol. The highest BCUT2D eigenvalue weighted by atomic mass is 16.5. The first-order valence-electron chi connectivity index (χ1n) is 22.1. The fourth-order valence-electron chi connectivity index (χ4n) is 9.90. The summed E-state index contributed by atoms with van der Waals surface area (Å²) < 4.78 is 24.6. The van der Waals surface area contributed by atoms with Gasteiger partial charge in [-0.2, -0.15) is 0 Å². The third-order valence-electron chi connectivity index (χ3n) is 12.8. The van der Waals surface area contributed by atoms with Gasteiger partial charge in [-0.15, -0.1) is 0 Å². The summed E-state index contributed by atoms with van der Waals surface area (Å²) in [5, 5.41) is 24.6. The molecule has 2 N–H and O–H groups in total. The van der Waals surface area contributed by atoms with Gasteiger partial charge in [0.1, 0.15) is 11.5 Å². The zero-order valence-corrected chi connectivity index (χ0v) is 35.4. The van der Waals surface area contributed by atoms with Crippen LogP contribution in [0.2, 0.25) is 0 Å². The van der Waals surface area contributed by atoms with Gasteiger partial charge in [-0.3, -0.25) is 9.59 Å². The van der Waals surface area contributed by atoms with Gasteiger partial charge in [0.15, 0.2) is 12.2 Å². The van der Waals surface area contributed by atoms with Crippen molar-refractivity contribution in [1.29, 1.82) is 0 Å². The molecule has 1 fully saturated rings. The molecule has 316 valence electrons. The first-order chi connectivity index (χ1) is 31.4. The molecule has 1 heterocycles. The number of ether oxygens (including phenoxy) is 4. The lowest BCUT2D eigenvalue weighted by molar-refractivity contribution is -0.127. The standard InChI is InChI=1S/C56H46N2O6/c1-33-53(55(59)57-47-27-25-43-39-19-9-15-35-13-7-17-37(49(35)39)41-21-11-23-45(47)51(41)43)63-31-6-4-30-62-34(2)54(64-32-5-3-29-61-33)56(60)58-48-28-26-44-40-20-10-16-36-14-8-18-38(50(36)40)42-22-12-24-46(48)52(42)44/h7-28,53-54H,1-6,29-32H2,(H,57,59)(H,58,60). The van der Waals surface area contributed by atoms with Crippen molar-refractivity contribution >= 4 is 109 Å². The number of benzene rings is 10. The van der Waals surface area contributed by atoms with Crippen molar-refractivity contribution in [2.45, 2.75) is 37.9 Å². The Labute approximate surface area is 369 Å². The summed E-state index contributed by atoms with van der Waals surface area (Å²) in [5.41, 5.74) is 1.38. The van der Waals surface area contributed by atoms with E-state index in [9.17, 15) is 9.59 Å². The van der Waals surface area contributed by atoms with Crippen LogP contribution in [0.4, 0.5) is 11.4 Å². The molecule has 8 heteroatoms. The molecule has 0 saturated carbocycles. The van der Waals surface area contributed by atoms with Crippen molar-refractivity contribution < 1.29 is 28.5 Å². The van der Waals surface area contributed by atoms with Gasteiger partial charge in [0.25, 0.3) is 11.8 Å². The number of carbonyl (C=O) groups excluding carboxylic acids is 2. The minimum absolute atomic E-state index is 0.233. The lowest BCUT2D eigenvalue weighted by Crippen LogP contribution is -2.34. The molecule has 0 radical (unpaired) electrons. The van der Waals surface area contributed by atoms with E-state index in [1.165, 1.54) is 43.1 Å². The Morgan fingerprint density at radius 2 is 0.703 bits per heavy atom. The van der Waals surface area contributed by atoms with Crippen molar-refractivity contribution in [2.75, 3.05) is 37.1 Å². The van der Waals surface area contributed by atoms with Crippen LogP contribution < -0.4 is 10.6 Å². The minimum atomic E-state index is -1.04. The van der Waals surface area contributed by atoms with Gasteiger partial charge >= 0.3 is 0 Å². The average Bonchev–Trinajstić information content (AvgIpc) is 3.32. The number of carbonyl (C=O) groups is 2. The molecule has 10 aromatic rings. The maximum absolute atomic E-state index is 14.1. The van der Waals surface area contributed by atoms with Gasteiger partial charge in [0.05, 0.1) is 13.2 Å². The van der Waals surface area contributed by atoms with Crippen molar-refractivity contribution in [3.63, 3.8) is 0 Å². The number of rotatable bonds is 4. The van der Waals surface area contributed by atoms with Crippen molar-refractivity contribution in [1.82, 2.24) is 0 Å². The summed E-state index contributed by atoms with van der Waals surface area (Å²) in [5.74, 6) is -0.246. The predicted molar refractivity (Wildman–Crippen MR) is 261 cm³/mol. The van der Waals surface area contributed by atoms with Crippen LogP contribution >= 0.6 is 0 Å². The second-order valence-electron chi connectivity index (χ2n) is 16.7. The van der Waals surface area contributed by atoms with Crippen LogP contribution in [0.15, 0.2) is 158 Å². The predicted octanol–water partition coefficient (Wildman–Crippen LogP) is 12.8. The van der Waals surface area contributed by atoms with Crippen molar-refractivity contribution in [3.8, 4) is 0 Å². The highest BCUT2D eigenvalue weighted by Crippen LogP contribution is 2.44. The Kier molecular flexibility index (Phi) is 10.2. The fourth-order valence-corrected chi connectivity index (χ4v) is 9.90. The van der Waals surface area contributed by atoms with Crippen LogP contribution in [0.25, 0.3) is 86.2 Å². The van der Waals surface area contributed by atoms with E-state index < -0.39 is 12.2 Å². The minimum Gasteiger partial charge on any atom is -0.495 e. The van der Waals surface area contributed by atoms with Gasteiger partial charge in [0.2, 0.25) is 0 Å². The summed E-state index contributed by atoms with van der Waals surface area (Å²) in [6, 6.07) is 46.3. The Morgan fingerprint density at radius 1 is 0.391 bits per heavy atom. The lowest BCUT2D eigenvalue weighted by Gasteiger charge is -2.23. The molecule has 0 aliphatic carbocycles. The van der Waals surface area contributed by atoms with Gasteiger partial charge in [0, 0.05) is 35.4 Å². The summed E-state index contributed by atoms with van der Waals surface area (Å²) >= 11 is 0. The van der Waals surface area contributed by atoms with E-state index in [1.807, 2.05) is 24.3 Å². The number of nitrogens with one attached hydrogen (secondary N) is 2. The van der Waals surface area contributed by atoms with E-state index in [4.69, 9.17) is 18.9 Å². The van der Waals surface area contributed by atoms with Crippen LogP contribution in [0.5, 0.6) is 0 Å². The number of fused-ring (bicyclic) bond motifs is 4. The molecule has 2 unspecified atom stereocenters. The smallest absolute Gasteiger partial charge is 0.261 e. The average molecular weight is 843 g/mol. The number of hydrogen-bond donors (Lipinski definition) is 2. The van der Waals surface area contributed by atoms with E-state index in [0.717, 1.165) is 43.1 Å². The summed E-state index contributed by atoms with van der Waals surface area (Å²) in [4.78, 5) is 28.2. The molecule has 64 heavy (non-hydrogen) atoms. The molecule has 2 amide bonds. The molecule has 1 aliphatic heterocycles. The highest BCUT2D eigenvalue weighted by Gasteiger charge is 2.28. The topological polar surface area (TPSA) is 95.1 Å². The molecule has 0 bridgehead atoms. The van der Waals surface area contributed by atoms with Gasteiger partial charge in [-0.05, 0) is 113 Å². The first-order valence-corrected chi connectivity index (χ1v) is 22.1. The maximum Gasteiger partial charge on any atom is 0.261 e. The second-order valence-corrected chi connectivity index (χ2v) is 16.7. The zero-order valence-electron chi connectivity index (χ0n) is 35.4. The lowest BCUT2D eigenvalue weighted by atomic mass is 9.89. The van der Waals surface area contributed by atoms with E-state index in [0.29, 0.717) is 37.1 Å². The van der Waals surface area contributed by atoms with Gasteiger partial charge in [-0.25, -0.2) is 0 Å². The maximum atomic E-state index is 14.1. The van der Waals surface area contributed by atoms with Gasteiger partial charge in [-0.1, -0.05) is 134 Å². The largest absolute Gasteiger partial charge is 0.495 e. The summed E-state index contributed by atoms with van der Waals surface area (Å²) in [7, 11) is 0. The van der Waals surface area contributed by atoms with E-state index >= 15 is 0 Å². The quantitative estimate of drug-likeness (QED) is 0.135. The van der Waals surface area contributed by atoms with Crippen LogP contribution in [0, 0.1) is 0 Å².